The maximum atomic E-state index is 8.73. The van der Waals surface area contributed by atoms with E-state index < -0.39 is 0 Å². The molecule has 0 bridgehead atoms. The second-order valence-corrected chi connectivity index (χ2v) is 5.40. The number of allylic oxidation sites excluding steroid dienone is 1. The van der Waals surface area contributed by atoms with Crippen molar-refractivity contribution in [3.05, 3.63) is 41.5 Å². The molecule has 0 radical (unpaired) electrons. The molecule has 0 fully saturated rings. The summed E-state index contributed by atoms with van der Waals surface area (Å²) in [4.78, 5) is 0. The summed E-state index contributed by atoms with van der Waals surface area (Å²) in [6, 6.07) is 9.89. The number of nitriles is 1. The van der Waals surface area contributed by atoms with Crippen molar-refractivity contribution in [2.45, 2.75) is 64.7 Å². The van der Waals surface area contributed by atoms with E-state index in [4.69, 9.17) is 5.26 Å². The molecular weight excluding hydrogens is 242 g/mol. The van der Waals surface area contributed by atoms with E-state index >= 15 is 0 Å². The molecule has 20 heavy (non-hydrogen) atoms. The Bertz CT molecular complexity index is 408. The van der Waals surface area contributed by atoms with Crippen molar-refractivity contribution in [2.24, 2.45) is 0 Å². The van der Waals surface area contributed by atoms with Gasteiger partial charge in [-0.15, -0.1) is 0 Å². The number of rotatable bonds is 10. The second kappa shape index (κ2) is 11.3. The Hall–Kier alpha value is -1.55. The van der Waals surface area contributed by atoms with Gasteiger partial charge in [0.2, 0.25) is 0 Å². The number of nitrogens with zero attached hydrogens (tertiary/aromatic N) is 1. The molecule has 108 valence electrons. The van der Waals surface area contributed by atoms with Gasteiger partial charge in [-0.3, -0.25) is 0 Å². The largest absolute Gasteiger partial charge is 0.192 e. The predicted molar refractivity (Wildman–Crippen MR) is 87.4 cm³/mol. The van der Waals surface area contributed by atoms with Crippen molar-refractivity contribution in [2.75, 3.05) is 0 Å². The van der Waals surface area contributed by atoms with E-state index in [0.717, 1.165) is 12.0 Å². The monoisotopic (exact) mass is 269 g/mol. The van der Waals surface area contributed by atoms with Crippen LogP contribution in [0.1, 0.15) is 75.8 Å². The highest BCUT2D eigenvalue weighted by atomic mass is 14.2. The van der Waals surface area contributed by atoms with Crippen LogP contribution in [-0.4, -0.2) is 0 Å². The second-order valence-electron chi connectivity index (χ2n) is 5.40. The topological polar surface area (TPSA) is 23.8 Å². The van der Waals surface area contributed by atoms with Crippen LogP contribution in [0.2, 0.25) is 0 Å². The Labute approximate surface area is 124 Å². The highest BCUT2D eigenvalue weighted by Gasteiger charge is 1.91. The Morgan fingerprint density at radius 2 is 1.50 bits per heavy atom. The summed E-state index contributed by atoms with van der Waals surface area (Å²) in [5.74, 6) is 0. The van der Waals surface area contributed by atoms with E-state index in [-0.39, 0.29) is 0 Å². The molecule has 1 nitrogen and oxygen atoms in total. The van der Waals surface area contributed by atoms with Crippen LogP contribution >= 0.6 is 0 Å². The first-order valence-corrected chi connectivity index (χ1v) is 8.03. The summed E-state index contributed by atoms with van der Waals surface area (Å²) < 4.78 is 0. The quantitative estimate of drug-likeness (QED) is 0.471. The molecule has 0 aliphatic heterocycles. The molecule has 0 heterocycles. The van der Waals surface area contributed by atoms with Crippen LogP contribution in [0.4, 0.5) is 0 Å². The molecule has 1 heteroatoms. The molecular formula is C19H27N. The predicted octanol–water partition coefficient (Wildman–Crippen LogP) is 6.10. The van der Waals surface area contributed by atoms with Crippen molar-refractivity contribution in [3.63, 3.8) is 0 Å². The molecule has 0 spiro atoms. The number of unbranched alkanes of at least 4 members (excludes halogenated alkanes) is 8. The highest BCUT2D eigenvalue weighted by molar-refractivity contribution is 5.50. The van der Waals surface area contributed by atoms with Crippen molar-refractivity contribution >= 4 is 6.08 Å². The van der Waals surface area contributed by atoms with Gasteiger partial charge in [-0.1, -0.05) is 76.2 Å². The molecule has 0 unspecified atom stereocenters. The maximum Gasteiger partial charge on any atom is 0.0991 e. The lowest BCUT2D eigenvalue weighted by Gasteiger charge is -2.00. The van der Waals surface area contributed by atoms with Crippen molar-refractivity contribution in [1.82, 2.24) is 0 Å². The third-order valence-electron chi connectivity index (χ3n) is 3.57. The zero-order chi connectivity index (χ0) is 14.5. The van der Waals surface area contributed by atoms with Gasteiger partial charge in [0.15, 0.2) is 0 Å². The SMILES string of the molecule is CCCCCCCCCCC=Cc1ccc(C#N)cc1. The molecule has 0 N–H and O–H groups in total. The summed E-state index contributed by atoms with van der Waals surface area (Å²) in [5.41, 5.74) is 1.91. The van der Waals surface area contributed by atoms with Gasteiger partial charge in [-0.25, -0.2) is 0 Å². The van der Waals surface area contributed by atoms with Crippen molar-refractivity contribution < 1.29 is 0 Å². The van der Waals surface area contributed by atoms with Gasteiger partial charge in [0.1, 0.15) is 0 Å². The smallest absolute Gasteiger partial charge is 0.0991 e. The lowest BCUT2D eigenvalue weighted by Crippen LogP contribution is -1.80. The first-order chi connectivity index (χ1) is 9.86. The molecule has 0 amide bonds. The molecule has 1 aromatic rings. The molecule has 0 saturated carbocycles. The Morgan fingerprint density at radius 3 is 2.10 bits per heavy atom. The average molecular weight is 269 g/mol. The minimum Gasteiger partial charge on any atom is -0.192 e. The van der Waals surface area contributed by atoms with E-state index in [1.807, 2.05) is 24.3 Å². The van der Waals surface area contributed by atoms with Crippen LogP contribution in [0.15, 0.2) is 30.3 Å². The van der Waals surface area contributed by atoms with Gasteiger partial charge in [0.25, 0.3) is 0 Å². The number of benzene rings is 1. The van der Waals surface area contributed by atoms with Gasteiger partial charge in [0.05, 0.1) is 11.6 Å². The van der Waals surface area contributed by atoms with Gasteiger partial charge >= 0.3 is 0 Å². The fourth-order valence-corrected chi connectivity index (χ4v) is 2.28. The minimum atomic E-state index is 0.727. The standard InChI is InChI=1S/C19H27N/c1-2-3-4-5-6-7-8-9-10-11-12-18-13-15-19(17-20)16-14-18/h11-16H,2-10H2,1H3. The van der Waals surface area contributed by atoms with Gasteiger partial charge in [-0.2, -0.15) is 5.26 Å². The van der Waals surface area contributed by atoms with E-state index in [1.54, 1.807) is 0 Å². The molecule has 0 aliphatic rings. The average Bonchev–Trinajstić information content (AvgIpc) is 2.50. The molecule has 1 rings (SSSR count). The Balaban J connectivity index is 2.03. The lowest BCUT2D eigenvalue weighted by molar-refractivity contribution is 0.578. The number of hydrogen-bond acceptors (Lipinski definition) is 1. The molecule has 0 atom stereocenters. The van der Waals surface area contributed by atoms with Crippen LogP contribution in [-0.2, 0) is 0 Å². The molecule has 1 aromatic carbocycles. The molecule has 0 saturated heterocycles. The fourth-order valence-electron chi connectivity index (χ4n) is 2.28. The van der Waals surface area contributed by atoms with Crippen molar-refractivity contribution in [1.29, 1.82) is 5.26 Å². The van der Waals surface area contributed by atoms with E-state index in [1.165, 1.54) is 56.9 Å². The van der Waals surface area contributed by atoms with Crippen LogP contribution in [0.3, 0.4) is 0 Å². The Morgan fingerprint density at radius 1 is 0.900 bits per heavy atom. The number of hydrogen-bond donors (Lipinski definition) is 0. The maximum absolute atomic E-state index is 8.73. The van der Waals surface area contributed by atoms with Gasteiger partial charge in [0, 0.05) is 0 Å². The van der Waals surface area contributed by atoms with Crippen LogP contribution < -0.4 is 0 Å². The van der Waals surface area contributed by atoms with Crippen LogP contribution in [0.5, 0.6) is 0 Å². The van der Waals surface area contributed by atoms with Crippen LogP contribution in [0.25, 0.3) is 6.08 Å². The minimum absolute atomic E-state index is 0.727. The van der Waals surface area contributed by atoms with Gasteiger partial charge < -0.3 is 0 Å². The van der Waals surface area contributed by atoms with Crippen LogP contribution in [0, 0.1) is 11.3 Å². The molecule has 0 aliphatic carbocycles. The third kappa shape index (κ3) is 7.79. The third-order valence-corrected chi connectivity index (χ3v) is 3.57. The Kier molecular flexibility index (Phi) is 9.32. The summed E-state index contributed by atoms with van der Waals surface area (Å²) >= 11 is 0. The summed E-state index contributed by atoms with van der Waals surface area (Å²) in [5, 5.41) is 8.73. The summed E-state index contributed by atoms with van der Waals surface area (Å²) in [6.07, 6.45) is 16.5. The highest BCUT2D eigenvalue weighted by Crippen LogP contribution is 2.11. The zero-order valence-electron chi connectivity index (χ0n) is 12.8. The molecule has 0 aromatic heterocycles. The van der Waals surface area contributed by atoms with E-state index in [0.29, 0.717) is 0 Å². The van der Waals surface area contributed by atoms with Crippen molar-refractivity contribution in [3.8, 4) is 6.07 Å². The first kappa shape index (κ1) is 16.5. The van der Waals surface area contributed by atoms with Gasteiger partial charge in [-0.05, 0) is 30.5 Å². The summed E-state index contributed by atoms with van der Waals surface area (Å²) in [6.45, 7) is 2.26. The summed E-state index contributed by atoms with van der Waals surface area (Å²) in [7, 11) is 0. The normalized spacial score (nSPS) is 10.8. The lowest BCUT2D eigenvalue weighted by atomic mass is 10.1. The first-order valence-electron chi connectivity index (χ1n) is 8.03. The van der Waals surface area contributed by atoms with E-state index in [9.17, 15) is 0 Å². The zero-order valence-corrected chi connectivity index (χ0v) is 12.8. The fraction of sp³-hybridized carbons (Fsp3) is 0.526. The van der Waals surface area contributed by atoms with E-state index in [2.05, 4.69) is 25.1 Å².